The third-order valence-corrected chi connectivity index (χ3v) is 3.18. The van der Waals surface area contributed by atoms with Crippen molar-refractivity contribution in [3.8, 4) is 0 Å². The molecule has 1 heterocycles. The van der Waals surface area contributed by atoms with Gasteiger partial charge in [0.1, 0.15) is 0 Å². The van der Waals surface area contributed by atoms with E-state index in [9.17, 15) is 0 Å². The van der Waals surface area contributed by atoms with E-state index in [4.69, 9.17) is 21.1 Å². The summed E-state index contributed by atoms with van der Waals surface area (Å²) in [5.74, 6) is -0.869. The third-order valence-electron chi connectivity index (χ3n) is 2.96. The van der Waals surface area contributed by atoms with Gasteiger partial charge in [0.15, 0.2) is 5.79 Å². The molecule has 0 atom stereocenters. The summed E-state index contributed by atoms with van der Waals surface area (Å²) in [6.45, 7) is 1.13. The molecule has 2 aromatic carbocycles. The van der Waals surface area contributed by atoms with Crippen LogP contribution in [0.1, 0.15) is 11.1 Å². The summed E-state index contributed by atoms with van der Waals surface area (Å²) in [7, 11) is 0. The summed E-state index contributed by atoms with van der Waals surface area (Å²) in [6.07, 6.45) is 0. The maximum atomic E-state index is 6.01. The molecular weight excluding hydrogens is 255 g/mol. The Kier molecular flexibility index (Phi) is 4.73. The monoisotopic (exact) mass is 266 g/mol. The molecule has 0 amide bonds. The van der Waals surface area contributed by atoms with Gasteiger partial charge < -0.3 is 9.47 Å². The molecule has 92 valence electrons. The zero-order valence-corrected chi connectivity index (χ0v) is 11.5. The second kappa shape index (κ2) is 6.13. The molecule has 0 radical (unpaired) electrons. The van der Waals surface area contributed by atoms with Crippen LogP contribution in [0.5, 0.6) is 0 Å². The Balaban J connectivity index is 0.00000133. The van der Waals surface area contributed by atoms with Crippen molar-refractivity contribution in [3.63, 3.8) is 0 Å². The minimum absolute atomic E-state index is 0. The molecule has 1 saturated heterocycles. The Hall–Kier alpha value is -0.753. The van der Waals surface area contributed by atoms with E-state index in [0.29, 0.717) is 18.2 Å². The molecule has 0 unspecified atom stereocenters. The summed E-state index contributed by atoms with van der Waals surface area (Å²) < 4.78 is 11.7. The van der Waals surface area contributed by atoms with E-state index in [1.54, 1.807) is 6.07 Å². The largest absolute Gasteiger partial charge is 1.00 e. The smallest absolute Gasteiger partial charge is 0.341 e. The average Bonchev–Trinajstić information content (AvgIpc) is 2.90. The van der Waals surface area contributed by atoms with Crippen LogP contribution in [-0.4, -0.2) is 13.2 Å². The first-order valence-electron chi connectivity index (χ1n) is 5.83. The van der Waals surface area contributed by atoms with Crippen molar-refractivity contribution < 1.29 is 28.3 Å². The van der Waals surface area contributed by atoms with Gasteiger partial charge in [0.25, 0.3) is 0 Å². The number of halogens is 1. The third kappa shape index (κ3) is 2.74. The second-order valence-electron chi connectivity index (χ2n) is 4.09. The van der Waals surface area contributed by atoms with Gasteiger partial charge in [-0.25, -0.2) is 0 Å². The Morgan fingerprint density at radius 1 is 0.947 bits per heavy atom. The molecule has 2 aromatic rings. The van der Waals surface area contributed by atoms with Crippen molar-refractivity contribution in [1.82, 2.24) is 0 Å². The molecule has 1 aliphatic heterocycles. The summed E-state index contributed by atoms with van der Waals surface area (Å²) >= 11 is 6.01. The van der Waals surface area contributed by atoms with Gasteiger partial charge in [-0.1, -0.05) is 40.9 Å². The first-order valence-corrected chi connectivity index (χ1v) is 6.21. The minimum Gasteiger partial charge on any atom is -0.341 e. The first kappa shape index (κ1) is 14.7. The van der Waals surface area contributed by atoms with Gasteiger partial charge in [0, 0.05) is 5.56 Å². The van der Waals surface area contributed by atoms with Crippen LogP contribution >= 0.6 is 11.6 Å². The standard InChI is InChI=1S/C15H12ClO2.Li/c16-14-8-4-7-13(11-14)15(17-9-10-18-15)12-5-2-1-3-6-12;/h1-8H,9-10H2;/q-1;+1. The van der Waals surface area contributed by atoms with Crippen molar-refractivity contribution in [3.05, 3.63) is 70.7 Å². The van der Waals surface area contributed by atoms with Crippen LogP contribution < -0.4 is 18.9 Å². The summed E-state index contributed by atoms with van der Waals surface area (Å²) in [4.78, 5) is 0. The second-order valence-corrected chi connectivity index (χ2v) is 4.50. The van der Waals surface area contributed by atoms with Gasteiger partial charge in [-0.05, 0) is 0 Å². The molecule has 0 saturated carbocycles. The van der Waals surface area contributed by atoms with Gasteiger partial charge in [-0.2, -0.15) is 24.3 Å². The van der Waals surface area contributed by atoms with Crippen LogP contribution in [0.2, 0.25) is 5.02 Å². The number of ether oxygens (including phenoxy) is 2. The topological polar surface area (TPSA) is 18.5 Å². The summed E-state index contributed by atoms with van der Waals surface area (Å²) in [6, 6.07) is 18.6. The van der Waals surface area contributed by atoms with Crippen molar-refractivity contribution >= 4 is 11.6 Å². The fourth-order valence-corrected chi connectivity index (χ4v) is 2.36. The van der Waals surface area contributed by atoms with Gasteiger partial charge in [-0.3, -0.25) is 0 Å². The molecule has 0 N–H and O–H groups in total. The molecule has 19 heavy (non-hydrogen) atoms. The predicted octanol–water partition coefficient (Wildman–Crippen LogP) is 0.392. The normalized spacial score (nSPS) is 16.9. The minimum atomic E-state index is -0.869. The molecule has 0 aliphatic carbocycles. The predicted molar refractivity (Wildman–Crippen MR) is 69.4 cm³/mol. The maximum absolute atomic E-state index is 6.01. The maximum Gasteiger partial charge on any atom is 1.00 e. The van der Waals surface area contributed by atoms with Crippen LogP contribution in [0.4, 0.5) is 0 Å². The van der Waals surface area contributed by atoms with Crippen molar-refractivity contribution in [1.29, 1.82) is 0 Å². The Bertz CT molecular complexity index is 539. The molecule has 0 spiro atoms. The zero-order valence-electron chi connectivity index (χ0n) is 10.7. The molecule has 2 nitrogen and oxygen atoms in total. The number of hydrogen-bond acceptors (Lipinski definition) is 2. The van der Waals surface area contributed by atoms with E-state index >= 15 is 0 Å². The molecule has 4 heteroatoms. The number of benzene rings is 2. The average molecular weight is 267 g/mol. The van der Waals surface area contributed by atoms with Crippen LogP contribution in [0.15, 0.2) is 48.5 Å². The quantitative estimate of drug-likeness (QED) is 0.578. The Morgan fingerprint density at radius 2 is 1.63 bits per heavy atom. The van der Waals surface area contributed by atoms with Gasteiger partial charge >= 0.3 is 18.9 Å². The number of rotatable bonds is 2. The van der Waals surface area contributed by atoms with Crippen molar-refractivity contribution in [2.24, 2.45) is 0 Å². The van der Waals surface area contributed by atoms with E-state index in [1.807, 2.05) is 42.5 Å². The van der Waals surface area contributed by atoms with E-state index in [1.165, 1.54) is 0 Å². The summed E-state index contributed by atoms with van der Waals surface area (Å²) in [5.41, 5.74) is 1.76. The van der Waals surface area contributed by atoms with Crippen LogP contribution in [0.3, 0.4) is 0 Å². The molecule has 1 aliphatic rings. The molecule has 0 bridgehead atoms. The van der Waals surface area contributed by atoms with Crippen molar-refractivity contribution in [2.75, 3.05) is 13.2 Å². The zero-order chi connectivity index (χ0) is 12.4. The van der Waals surface area contributed by atoms with Gasteiger partial charge in [-0.15, -0.1) is 11.6 Å². The van der Waals surface area contributed by atoms with E-state index in [2.05, 4.69) is 6.07 Å². The van der Waals surface area contributed by atoms with E-state index < -0.39 is 5.79 Å². The van der Waals surface area contributed by atoms with Gasteiger partial charge in [0.2, 0.25) is 0 Å². The summed E-state index contributed by atoms with van der Waals surface area (Å²) in [5, 5.41) is 0.557. The fourth-order valence-electron chi connectivity index (χ4n) is 2.18. The SMILES string of the molecule is Clc1[c-]c(C2(c3ccccc3)OCCO2)ccc1.[Li+]. The van der Waals surface area contributed by atoms with E-state index in [0.717, 1.165) is 11.1 Å². The Morgan fingerprint density at radius 3 is 2.26 bits per heavy atom. The van der Waals surface area contributed by atoms with Crippen molar-refractivity contribution in [2.45, 2.75) is 5.79 Å². The van der Waals surface area contributed by atoms with Crippen LogP contribution in [0.25, 0.3) is 0 Å². The first-order chi connectivity index (χ1) is 8.81. The molecule has 0 aromatic heterocycles. The Labute approximate surface area is 129 Å². The van der Waals surface area contributed by atoms with E-state index in [-0.39, 0.29) is 18.9 Å². The van der Waals surface area contributed by atoms with Crippen LogP contribution in [-0.2, 0) is 15.3 Å². The van der Waals surface area contributed by atoms with Gasteiger partial charge in [0.05, 0.1) is 13.2 Å². The molecular formula is C15H12ClLiO2. The number of hydrogen-bond donors (Lipinski definition) is 0. The van der Waals surface area contributed by atoms with Crippen LogP contribution in [0, 0.1) is 6.07 Å². The molecule has 3 rings (SSSR count). The molecule has 1 fully saturated rings. The fraction of sp³-hybridized carbons (Fsp3) is 0.200.